The minimum atomic E-state index is 0.0811. The van der Waals surface area contributed by atoms with Crippen LogP contribution in [0.25, 0.3) is 0 Å². The van der Waals surface area contributed by atoms with Crippen molar-refractivity contribution in [2.75, 3.05) is 5.32 Å². The standard InChI is InChI=1S/C13H23N3/c1-13(2,3)15-12-14-9-10-16(12)11-7-5-4-6-8-11/h9-11H,4-8H2,1-3H3,(H,14,15). The summed E-state index contributed by atoms with van der Waals surface area (Å²) < 4.78 is 2.32. The lowest BCUT2D eigenvalue weighted by atomic mass is 9.95. The fourth-order valence-corrected chi connectivity index (χ4v) is 2.40. The van der Waals surface area contributed by atoms with Crippen LogP contribution in [0, 0.1) is 0 Å². The van der Waals surface area contributed by atoms with Crippen molar-refractivity contribution in [3.63, 3.8) is 0 Å². The summed E-state index contributed by atoms with van der Waals surface area (Å²) in [5.74, 6) is 1.03. The Kier molecular flexibility index (Phi) is 3.22. The maximum atomic E-state index is 4.43. The summed E-state index contributed by atoms with van der Waals surface area (Å²) in [4.78, 5) is 4.43. The highest BCUT2D eigenvalue weighted by Crippen LogP contribution is 2.30. The summed E-state index contributed by atoms with van der Waals surface area (Å²) in [7, 11) is 0. The van der Waals surface area contributed by atoms with Gasteiger partial charge in [-0.1, -0.05) is 19.3 Å². The third kappa shape index (κ3) is 2.77. The van der Waals surface area contributed by atoms with Crippen molar-refractivity contribution in [1.82, 2.24) is 9.55 Å². The van der Waals surface area contributed by atoms with Crippen molar-refractivity contribution in [2.24, 2.45) is 0 Å². The van der Waals surface area contributed by atoms with Crippen LogP contribution < -0.4 is 5.32 Å². The Morgan fingerprint density at radius 1 is 1.25 bits per heavy atom. The van der Waals surface area contributed by atoms with Crippen LogP contribution >= 0.6 is 0 Å². The van der Waals surface area contributed by atoms with E-state index in [9.17, 15) is 0 Å². The molecule has 0 spiro atoms. The van der Waals surface area contributed by atoms with Crippen molar-refractivity contribution in [3.05, 3.63) is 12.4 Å². The summed E-state index contributed by atoms with van der Waals surface area (Å²) >= 11 is 0. The van der Waals surface area contributed by atoms with Crippen LogP contribution in [0.2, 0.25) is 0 Å². The zero-order valence-electron chi connectivity index (χ0n) is 10.7. The number of hydrogen-bond donors (Lipinski definition) is 1. The molecule has 90 valence electrons. The monoisotopic (exact) mass is 221 g/mol. The van der Waals surface area contributed by atoms with Gasteiger partial charge < -0.3 is 9.88 Å². The number of rotatable bonds is 2. The molecule has 3 nitrogen and oxygen atoms in total. The van der Waals surface area contributed by atoms with Crippen LogP contribution in [-0.4, -0.2) is 15.1 Å². The number of imidazole rings is 1. The van der Waals surface area contributed by atoms with Gasteiger partial charge in [-0.2, -0.15) is 0 Å². The highest BCUT2D eigenvalue weighted by molar-refractivity contribution is 5.30. The molecular formula is C13H23N3. The Morgan fingerprint density at radius 2 is 1.94 bits per heavy atom. The molecule has 16 heavy (non-hydrogen) atoms. The molecule has 1 aliphatic carbocycles. The van der Waals surface area contributed by atoms with E-state index in [1.165, 1.54) is 32.1 Å². The van der Waals surface area contributed by atoms with Gasteiger partial charge in [-0.3, -0.25) is 0 Å². The first-order valence-electron chi connectivity index (χ1n) is 6.37. The lowest BCUT2D eigenvalue weighted by molar-refractivity contribution is 0.354. The second kappa shape index (κ2) is 4.48. The van der Waals surface area contributed by atoms with Gasteiger partial charge in [0, 0.05) is 24.0 Å². The van der Waals surface area contributed by atoms with E-state index < -0.39 is 0 Å². The minimum Gasteiger partial charge on any atom is -0.351 e. The van der Waals surface area contributed by atoms with Gasteiger partial charge in [0.25, 0.3) is 0 Å². The van der Waals surface area contributed by atoms with E-state index in [1.807, 2.05) is 6.20 Å². The normalized spacial score (nSPS) is 18.7. The molecule has 0 bridgehead atoms. The zero-order valence-corrected chi connectivity index (χ0v) is 10.7. The Morgan fingerprint density at radius 3 is 2.56 bits per heavy atom. The summed E-state index contributed by atoms with van der Waals surface area (Å²) in [5, 5.41) is 3.48. The highest BCUT2D eigenvalue weighted by atomic mass is 15.2. The number of anilines is 1. The van der Waals surface area contributed by atoms with Crippen LogP contribution in [0.15, 0.2) is 12.4 Å². The lowest BCUT2D eigenvalue weighted by Crippen LogP contribution is -2.29. The van der Waals surface area contributed by atoms with Crippen molar-refractivity contribution in [3.8, 4) is 0 Å². The number of nitrogens with zero attached hydrogens (tertiary/aromatic N) is 2. The molecule has 1 aromatic rings. The van der Waals surface area contributed by atoms with E-state index in [0.29, 0.717) is 6.04 Å². The number of aromatic nitrogens is 2. The van der Waals surface area contributed by atoms with Gasteiger partial charge in [0.05, 0.1) is 0 Å². The molecule has 1 heterocycles. The average Bonchev–Trinajstić information content (AvgIpc) is 2.64. The quantitative estimate of drug-likeness (QED) is 0.827. The Labute approximate surface area is 98.3 Å². The van der Waals surface area contributed by atoms with Crippen molar-refractivity contribution >= 4 is 5.95 Å². The van der Waals surface area contributed by atoms with Gasteiger partial charge in [0.2, 0.25) is 5.95 Å². The van der Waals surface area contributed by atoms with E-state index >= 15 is 0 Å². The Balaban J connectivity index is 2.11. The molecule has 3 heteroatoms. The largest absolute Gasteiger partial charge is 0.351 e. The summed E-state index contributed by atoms with van der Waals surface area (Å²) in [5.41, 5.74) is 0.0811. The second-order valence-corrected chi connectivity index (χ2v) is 5.82. The predicted molar refractivity (Wildman–Crippen MR) is 67.7 cm³/mol. The topological polar surface area (TPSA) is 29.9 Å². The summed E-state index contributed by atoms with van der Waals surface area (Å²) in [6, 6.07) is 0.654. The molecule has 2 rings (SSSR count). The van der Waals surface area contributed by atoms with E-state index in [1.54, 1.807) is 0 Å². The third-order valence-electron chi connectivity index (χ3n) is 3.12. The van der Waals surface area contributed by atoms with Gasteiger partial charge in [0.1, 0.15) is 0 Å². The van der Waals surface area contributed by atoms with Crippen molar-refractivity contribution in [2.45, 2.75) is 64.5 Å². The molecule has 1 aromatic heterocycles. The fourth-order valence-electron chi connectivity index (χ4n) is 2.40. The van der Waals surface area contributed by atoms with Crippen molar-refractivity contribution < 1.29 is 0 Å². The second-order valence-electron chi connectivity index (χ2n) is 5.82. The molecule has 0 atom stereocenters. The van der Waals surface area contributed by atoms with Crippen molar-refractivity contribution in [1.29, 1.82) is 0 Å². The van der Waals surface area contributed by atoms with Gasteiger partial charge in [-0.05, 0) is 33.6 Å². The Bertz CT molecular complexity index is 329. The van der Waals surface area contributed by atoms with Gasteiger partial charge in [-0.15, -0.1) is 0 Å². The van der Waals surface area contributed by atoms with Gasteiger partial charge >= 0.3 is 0 Å². The van der Waals surface area contributed by atoms with Gasteiger partial charge in [0.15, 0.2) is 0 Å². The Hall–Kier alpha value is -0.990. The zero-order chi connectivity index (χ0) is 11.6. The third-order valence-corrected chi connectivity index (χ3v) is 3.12. The molecular weight excluding hydrogens is 198 g/mol. The van der Waals surface area contributed by atoms with E-state index in [4.69, 9.17) is 0 Å². The molecule has 0 radical (unpaired) electrons. The molecule has 0 unspecified atom stereocenters. The summed E-state index contributed by atoms with van der Waals surface area (Å²) in [6.07, 6.45) is 10.7. The molecule has 0 amide bonds. The lowest BCUT2D eigenvalue weighted by Gasteiger charge is -2.28. The van der Waals surface area contributed by atoms with Gasteiger partial charge in [-0.25, -0.2) is 4.98 Å². The molecule has 1 saturated carbocycles. The van der Waals surface area contributed by atoms with Crippen LogP contribution in [0.5, 0.6) is 0 Å². The summed E-state index contributed by atoms with van der Waals surface area (Å²) in [6.45, 7) is 6.52. The predicted octanol–water partition coefficient (Wildman–Crippen LogP) is 3.60. The van der Waals surface area contributed by atoms with E-state index in [2.05, 4.69) is 41.8 Å². The molecule has 0 saturated heterocycles. The molecule has 1 N–H and O–H groups in total. The fraction of sp³-hybridized carbons (Fsp3) is 0.769. The molecule has 0 aromatic carbocycles. The number of hydrogen-bond acceptors (Lipinski definition) is 2. The van der Waals surface area contributed by atoms with Crippen LogP contribution in [0.4, 0.5) is 5.95 Å². The molecule has 1 fully saturated rings. The van der Waals surface area contributed by atoms with Crippen LogP contribution in [0.3, 0.4) is 0 Å². The maximum absolute atomic E-state index is 4.43. The molecule has 0 aliphatic heterocycles. The van der Waals surface area contributed by atoms with E-state index in [-0.39, 0.29) is 5.54 Å². The highest BCUT2D eigenvalue weighted by Gasteiger charge is 2.20. The first-order valence-corrected chi connectivity index (χ1v) is 6.37. The number of nitrogens with one attached hydrogen (secondary N) is 1. The minimum absolute atomic E-state index is 0.0811. The molecule has 1 aliphatic rings. The first-order chi connectivity index (χ1) is 7.56. The average molecular weight is 221 g/mol. The smallest absolute Gasteiger partial charge is 0.203 e. The first kappa shape index (κ1) is 11.5. The SMILES string of the molecule is CC(C)(C)Nc1nccn1C1CCCCC1. The van der Waals surface area contributed by atoms with E-state index in [0.717, 1.165) is 5.95 Å². The maximum Gasteiger partial charge on any atom is 0.203 e. The van der Waals surface area contributed by atoms with Crippen LogP contribution in [0.1, 0.15) is 58.9 Å². The van der Waals surface area contributed by atoms with Crippen LogP contribution in [-0.2, 0) is 0 Å².